The summed E-state index contributed by atoms with van der Waals surface area (Å²) in [5.41, 5.74) is 1.17. The summed E-state index contributed by atoms with van der Waals surface area (Å²) in [4.78, 5) is 6.79. The van der Waals surface area contributed by atoms with E-state index in [0.717, 1.165) is 37.6 Å². The van der Waals surface area contributed by atoms with Crippen LogP contribution in [-0.2, 0) is 6.42 Å². The maximum absolute atomic E-state index is 5.36. The number of rotatable bonds is 6. The molecule has 3 rings (SSSR count). The van der Waals surface area contributed by atoms with Gasteiger partial charge in [-0.15, -0.1) is 5.10 Å². The number of ether oxygens (including phenoxy) is 1. The van der Waals surface area contributed by atoms with Crippen LogP contribution in [0.4, 0.5) is 11.8 Å². The van der Waals surface area contributed by atoms with E-state index in [4.69, 9.17) is 4.74 Å². The van der Waals surface area contributed by atoms with Gasteiger partial charge in [0.2, 0.25) is 5.95 Å². The van der Waals surface area contributed by atoms with E-state index in [9.17, 15) is 0 Å². The first kappa shape index (κ1) is 14.6. The summed E-state index contributed by atoms with van der Waals surface area (Å²) in [6, 6.07) is 8.04. The Bertz CT molecular complexity index is 613. The van der Waals surface area contributed by atoms with Crippen molar-refractivity contribution in [3.05, 3.63) is 36.0 Å². The number of nitrogens with one attached hydrogen (secondary N) is 1. The summed E-state index contributed by atoms with van der Waals surface area (Å²) in [6.07, 6.45) is 5.03. The number of hydrogen-bond acceptors (Lipinski definition) is 6. The topological polar surface area (TPSA) is 63.2 Å². The second-order valence-corrected chi connectivity index (χ2v) is 5.32. The monoisotopic (exact) mass is 299 g/mol. The molecular weight excluding hydrogens is 278 g/mol. The third-order valence-electron chi connectivity index (χ3n) is 3.85. The lowest BCUT2D eigenvalue weighted by molar-refractivity contribution is 0.410. The van der Waals surface area contributed by atoms with Crippen molar-refractivity contribution in [2.45, 2.75) is 19.3 Å². The van der Waals surface area contributed by atoms with Gasteiger partial charge in [0.05, 0.1) is 13.3 Å². The zero-order chi connectivity index (χ0) is 15.2. The molecule has 6 nitrogen and oxygen atoms in total. The second kappa shape index (κ2) is 7.06. The molecule has 2 aromatic rings. The predicted molar refractivity (Wildman–Crippen MR) is 86.5 cm³/mol. The van der Waals surface area contributed by atoms with E-state index < -0.39 is 0 Å². The maximum Gasteiger partial charge on any atom is 0.244 e. The molecule has 116 valence electrons. The van der Waals surface area contributed by atoms with E-state index in [2.05, 4.69) is 31.5 Å². The van der Waals surface area contributed by atoms with Crippen LogP contribution in [0.5, 0.6) is 5.75 Å². The van der Waals surface area contributed by atoms with Gasteiger partial charge in [-0.1, -0.05) is 18.2 Å². The van der Waals surface area contributed by atoms with E-state index >= 15 is 0 Å². The molecular formula is C16H21N5O. The van der Waals surface area contributed by atoms with Gasteiger partial charge in [-0.25, -0.2) is 0 Å². The lowest BCUT2D eigenvalue weighted by Crippen LogP contribution is -2.20. The first-order chi connectivity index (χ1) is 10.9. The average Bonchev–Trinajstić information content (AvgIpc) is 3.10. The van der Waals surface area contributed by atoms with Crippen LogP contribution in [0.15, 0.2) is 30.5 Å². The number of hydrogen-bond donors (Lipinski definition) is 1. The van der Waals surface area contributed by atoms with Crippen LogP contribution in [0.3, 0.4) is 0 Å². The quantitative estimate of drug-likeness (QED) is 0.881. The van der Waals surface area contributed by atoms with Crippen LogP contribution < -0.4 is 15.0 Å². The Hall–Kier alpha value is -2.37. The Labute approximate surface area is 130 Å². The fraction of sp³-hybridized carbons (Fsp3) is 0.438. The Morgan fingerprint density at radius 2 is 2.05 bits per heavy atom. The summed E-state index contributed by atoms with van der Waals surface area (Å²) in [5.74, 6) is 2.40. The van der Waals surface area contributed by atoms with Gasteiger partial charge in [-0.2, -0.15) is 10.1 Å². The standard InChI is InChI=1S/C16H21N5O/c1-22-14-7-3-2-6-13(14)8-9-17-16-19-15(12-18-20-16)21-10-4-5-11-21/h2-3,6-7,12H,4-5,8-11H2,1H3,(H,17,19,20). The Kier molecular flexibility index (Phi) is 4.68. The van der Waals surface area contributed by atoms with E-state index in [1.807, 2.05) is 18.2 Å². The molecule has 0 aliphatic carbocycles. The molecule has 2 heterocycles. The third kappa shape index (κ3) is 3.44. The third-order valence-corrected chi connectivity index (χ3v) is 3.85. The van der Waals surface area contributed by atoms with Crippen molar-refractivity contribution in [1.82, 2.24) is 15.2 Å². The summed E-state index contributed by atoms with van der Waals surface area (Å²) in [7, 11) is 1.69. The van der Waals surface area contributed by atoms with Gasteiger partial charge in [-0.05, 0) is 30.9 Å². The van der Waals surface area contributed by atoms with Gasteiger partial charge in [0.25, 0.3) is 0 Å². The van der Waals surface area contributed by atoms with Crippen molar-refractivity contribution < 1.29 is 4.74 Å². The first-order valence-corrected chi connectivity index (χ1v) is 7.67. The fourth-order valence-corrected chi connectivity index (χ4v) is 2.69. The SMILES string of the molecule is COc1ccccc1CCNc1nncc(N2CCCC2)n1. The average molecular weight is 299 g/mol. The molecule has 1 N–H and O–H groups in total. The molecule has 22 heavy (non-hydrogen) atoms. The zero-order valence-corrected chi connectivity index (χ0v) is 12.8. The smallest absolute Gasteiger partial charge is 0.244 e. The van der Waals surface area contributed by atoms with Crippen LogP contribution in [-0.4, -0.2) is 41.9 Å². The number of aromatic nitrogens is 3. The van der Waals surface area contributed by atoms with Crippen LogP contribution in [0.2, 0.25) is 0 Å². The van der Waals surface area contributed by atoms with E-state index in [-0.39, 0.29) is 0 Å². The molecule has 0 saturated carbocycles. The van der Waals surface area contributed by atoms with Gasteiger partial charge in [0.1, 0.15) is 5.75 Å². The Morgan fingerprint density at radius 1 is 1.23 bits per heavy atom. The zero-order valence-electron chi connectivity index (χ0n) is 12.8. The molecule has 1 aliphatic heterocycles. The summed E-state index contributed by atoms with van der Waals surface area (Å²) in [5, 5.41) is 11.3. The van der Waals surface area contributed by atoms with Crippen molar-refractivity contribution in [3.63, 3.8) is 0 Å². The van der Waals surface area contributed by atoms with Crippen LogP contribution in [0, 0.1) is 0 Å². The minimum absolute atomic E-state index is 0.583. The van der Waals surface area contributed by atoms with Crippen molar-refractivity contribution in [2.75, 3.05) is 37.0 Å². The van der Waals surface area contributed by atoms with Crippen molar-refractivity contribution in [2.24, 2.45) is 0 Å². The van der Waals surface area contributed by atoms with Crippen LogP contribution in [0.25, 0.3) is 0 Å². The second-order valence-electron chi connectivity index (χ2n) is 5.32. The van der Waals surface area contributed by atoms with Gasteiger partial charge in [0.15, 0.2) is 5.82 Å². The van der Waals surface area contributed by atoms with E-state index in [1.165, 1.54) is 18.4 Å². The van der Waals surface area contributed by atoms with Crippen molar-refractivity contribution >= 4 is 11.8 Å². The van der Waals surface area contributed by atoms with Crippen LogP contribution >= 0.6 is 0 Å². The molecule has 0 spiro atoms. The highest BCUT2D eigenvalue weighted by Gasteiger charge is 2.14. The first-order valence-electron chi connectivity index (χ1n) is 7.67. The van der Waals surface area contributed by atoms with Gasteiger partial charge < -0.3 is 15.0 Å². The molecule has 1 fully saturated rings. The number of methoxy groups -OCH3 is 1. The molecule has 1 saturated heterocycles. The van der Waals surface area contributed by atoms with Crippen LogP contribution in [0.1, 0.15) is 18.4 Å². The largest absolute Gasteiger partial charge is 0.496 e. The molecule has 0 bridgehead atoms. The van der Waals surface area contributed by atoms with Gasteiger partial charge in [0, 0.05) is 19.6 Å². The molecule has 6 heteroatoms. The van der Waals surface area contributed by atoms with Gasteiger partial charge >= 0.3 is 0 Å². The molecule has 0 amide bonds. The molecule has 0 radical (unpaired) electrons. The van der Waals surface area contributed by atoms with Crippen molar-refractivity contribution in [3.8, 4) is 5.75 Å². The molecule has 0 atom stereocenters. The van der Waals surface area contributed by atoms with Gasteiger partial charge in [-0.3, -0.25) is 0 Å². The lowest BCUT2D eigenvalue weighted by Gasteiger charge is -2.16. The number of anilines is 2. The predicted octanol–water partition coefficient (Wildman–Crippen LogP) is 2.13. The van der Waals surface area contributed by atoms with Crippen molar-refractivity contribution in [1.29, 1.82) is 0 Å². The highest BCUT2D eigenvalue weighted by molar-refractivity contribution is 5.41. The highest BCUT2D eigenvalue weighted by Crippen LogP contribution is 2.19. The Balaban J connectivity index is 1.58. The normalized spacial score (nSPS) is 14.1. The van der Waals surface area contributed by atoms with E-state index in [1.54, 1.807) is 13.3 Å². The minimum atomic E-state index is 0.583. The summed E-state index contributed by atoms with van der Waals surface area (Å²) < 4.78 is 5.36. The molecule has 1 aromatic carbocycles. The lowest BCUT2D eigenvalue weighted by atomic mass is 10.1. The number of nitrogens with zero attached hydrogens (tertiary/aromatic N) is 4. The molecule has 1 aliphatic rings. The minimum Gasteiger partial charge on any atom is -0.496 e. The fourth-order valence-electron chi connectivity index (χ4n) is 2.69. The summed E-state index contributed by atoms with van der Waals surface area (Å²) >= 11 is 0. The number of para-hydroxylation sites is 1. The van der Waals surface area contributed by atoms with E-state index in [0.29, 0.717) is 5.95 Å². The molecule has 0 unspecified atom stereocenters. The maximum atomic E-state index is 5.36. The Morgan fingerprint density at radius 3 is 2.86 bits per heavy atom. The molecule has 1 aromatic heterocycles. The number of benzene rings is 1. The summed E-state index contributed by atoms with van der Waals surface area (Å²) in [6.45, 7) is 2.85. The highest BCUT2D eigenvalue weighted by atomic mass is 16.5.